The number of rotatable bonds is 29. The van der Waals surface area contributed by atoms with Gasteiger partial charge in [-0.2, -0.15) is 0 Å². The first-order chi connectivity index (χ1) is 32.2. The lowest BCUT2D eigenvalue weighted by Crippen LogP contribution is -2.64. The molecule has 2 aliphatic rings. The molecule has 2 aliphatic heterocycles. The van der Waals surface area contributed by atoms with Crippen LogP contribution in [0.4, 0.5) is 4.79 Å². The van der Waals surface area contributed by atoms with E-state index < -0.39 is 135 Å². The third kappa shape index (κ3) is 22.8. The summed E-state index contributed by atoms with van der Waals surface area (Å²) in [5.41, 5.74) is 11.6. The van der Waals surface area contributed by atoms with Gasteiger partial charge in [0.1, 0.15) is 12.2 Å². The average molecular weight is 969 g/mol. The highest BCUT2D eigenvalue weighted by Gasteiger charge is 2.49. The number of carbonyl (C=O) groups is 2. The van der Waals surface area contributed by atoms with Crippen LogP contribution in [0, 0.1) is 5.92 Å². The fourth-order valence-corrected chi connectivity index (χ4v) is 7.38. The molecule has 5 unspecified atom stereocenters. The van der Waals surface area contributed by atoms with Crippen molar-refractivity contribution in [3.8, 4) is 0 Å². The van der Waals surface area contributed by atoms with Gasteiger partial charge in [-0.3, -0.25) is 4.79 Å². The molecule has 388 valence electrons. The second kappa shape index (κ2) is 32.3. The summed E-state index contributed by atoms with van der Waals surface area (Å²) in [4.78, 5) is 25.0. The Morgan fingerprint density at radius 1 is 0.838 bits per heavy atom. The Hall–Kier alpha value is -3.68. The SMILES string of the molecule is C/C=C/C=C/C=C/C=C/C=C/C=C/C=C/[C@@H](C[C@@H]1O[C@](O)(C[C@@H](O)C[C@@H](O)[C@H](O)CC[C@@H](O)C[C@@H](O)CC(=O)O[C@@H](C)[C@H](C)CO)C[C@H](O)[C@H]1NC(=O)NCCN)OC1OC(C)C(O)C(N)C1O. The topological polar surface area (TPSA) is 349 Å². The number of allylic oxidation sites excluding steroid dienone is 13. The van der Waals surface area contributed by atoms with Crippen molar-refractivity contribution in [1.29, 1.82) is 0 Å². The van der Waals surface area contributed by atoms with E-state index in [4.69, 9.17) is 30.4 Å². The zero-order valence-electron chi connectivity index (χ0n) is 39.7. The quantitative estimate of drug-likeness (QED) is 0.0336. The normalized spacial score (nSPS) is 29.8. The van der Waals surface area contributed by atoms with Crippen LogP contribution in [-0.4, -0.2) is 180 Å². The van der Waals surface area contributed by atoms with Gasteiger partial charge in [0.25, 0.3) is 0 Å². The molecule has 20 nitrogen and oxygen atoms in total. The van der Waals surface area contributed by atoms with Gasteiger partial charge in [0.05, 0.1) is 79.5 Å². The summed E-state index contributed by atoms with van der Waals surface area (Å²) in [5, 5.41) is 112. The Morgan fingerprint density at radius 2 is 1.44 bits per heavy atom. The van der Waals surface area contributed by atoms with E-state index in [2.05, 4.69) is 10.6 Å². The van der Waals surface area contributed by atoms with Gasteiger partial charge in [0, 0.05) is 51.3 Å². The molecule has 0 aromatic carbocycles. The second-order valence-corrected chi connectivity index (χ2v) is 17.5. The number of nitrogens with one attached hydrogen (secondary N) is 2. The molecule has 0 spiro atoms. The number of nitrogens with two attached hydrogens (primary N) is 2. The fourth-order valence-electron chi connectivity index (χ4n) is 7.38. The highest BCUT2D eigenvalue weighted by molar-refractivity contribution is 5.74. The highest BCUT2D eigenvalue weighted by Crippen LogP contribution is 2.35. The van der Waals surface area contributed by atoms with Crippen molar-refractivity contribution in [3.63, 3.8) is 0 Å². The largest absolute Gasteiger partial charge is 0.462 e. The Bertz CT molecular complexity index is 1660. The monoisotopic (exact) mass is 969 g/mol. The number of aliphatic hydroxyl groups excluding tert-OH is 9. The fraction of sp³-hybridized carbons (Fsp3) is 0.667. The Balaban J connectivity index is 2.22. The predicted molar refractivity (Wildman–Crippen MR) is 253 cm³/mol. The number of esters is 1. The molecule has 2 amide bonds. The van der Waals surface area contributed by atoms with Gasteiger partial charge in [-0.1, -0.05) is 92.0 Å². The van der Waals surface area contributed by atoms with Crippen LogP contribution >= 0.6 is 0 Å². The van der Waals surface area contributed by atoms with Crippen molar-refractivity contribution in [2.24, 2.45) is 17.4 Å². The number of hydrogen-bond acceptors (Lipinski definition) is 18. The molecule has 2 heterocycles. The molecular weight excluding hydrogens is 889 g/mol. The molecule has 0 radical (unpaired) electrons. The van der Waals surface area contributed by atoms with Gasteiger partial charge in [-0.15, -0.1) is 0 Å². The maximum absolute atomic E-state index is 12.9. The minimum absolute atomic E-state index is 0.0871. The van der Waals surface area contributed by atoms with E-state index in [0.29, 0.717) is 0 Å². The maximum Gasteiger partial charge on any atom is 0.315 e. The van der Waals surface area contributed by atoms with Crippen molar-refractivity contribution < 1.29 is 79.6 Å². The first-order valence-electron chi connectivity index (χ1n) is 23.3. The summed E-state index contributed by atoms with van der Waals surface area (Å²) in [7, 11) is 0. The first kappa shape index (κ1) is 60.4. The summed E-state index contributed by atoms with van der Waals surface area (Å²) in [6, 6.07) is -3.01. The molecule has 2 rings (SSSR count). The molecule has 17 atom stereocenters. The summed E-state index contributed by atoms with van der Waals surface area (Å²) in [6.07, 6.45) is 6.57. The second-order valence-electron chi connectivity index (χ2n) is 17.5. The lowest BCUT2D eigenvalue weighted by atomic mass is 9.87. The van der Waals surface area contributed by atoms with Crippen LogP contribution in [0.25, 0.3) is 0 Å². The van der Waals surface area contributed by atoms with Gasteiger partial charge in [0.2, 0.25) is 0 Å². The van der Waals surface area contributed by atoms with Crippen LogP contribution < -0.4 is 22.1 Å². The van der Waals surface area contributed by atoms with E-state index in [1.165, 1.54) is 0 Å². The summed E-state index contributed by atoms with van der Waals surface area (Å²) < 4.78 is 23.3. The molecule has 0 aromatic rings. The smallest absolute Gasteiger partial charge is 0.315 e. The molecule has 2 fully saturated rings. The Kier molecular flexibility index (Phi) is 28.7. The molecule has 68 heavy (non-hydrogen) atoms. The van der Waals surface area contributed by atoms with Crippen LogP contribution in [0.15, 0.2) is 85.1 Å². The van der Waals surface area contributed by atoms with Crippen molar-refractivity contribution >= 4 is 12.0 Å². The minimum Gasteiger partial charge on any atom is -0.462 e. The number of ether oxygens (including phenoxy) is 4. The van der Waals surface area contributed by atoms with E-state index in [0.717, 1.165) is 0 Å². The van der Waals surface area contributed by atoms with Crippen LogP contribution in [0.3, 0.4) is 0 Å². The average Bonchev–Trinajstić information content (AvgIpc) is 3.27. The van der Waals surface area contributed by atoms with Crippen molar-refractivity contribution in [3.05, 3.63) is 85.1 Å². The van der Waals surface area contributed by atoms with Gasteiger partial charge in [-0.05, 0) is 40.0 Å². The zero-order chi connectivity index (χ0) is 50.8. The van der Waals surface area contributed by atoms with Crippen molar-refractivity contribution in [2.45, 2.75) is 176 Å². The van der Waals surface area contributed by atoms with E-state index in [9.17, 15) is 60.7 Å². The number of hydrogen-bond donors (Lipinski definition) is 14. The number of urea groups is 1. The molecule has 2 saturated heterocycles. The lowest BCUT2D eigenvalue weighted by molar-refractivity contribution is -0.303. The number of amides is 2. The Morgan fingerprint density at radius 3 is 2.03 bits per heavy atom. The first-order valence-corrected chi connectivity index (χ1v) is 23.3. The van der Waals surface area contributed by atoms with Gasteiger partial charge in [0.15, 0.2) is 12.1 Å². The summed E-state index contributed by atoms with van der Waals surface area (Å²) in [6.45, 7) is 6.82. The van der Waals surface area contributed by atoms with Crippen LogP contribution in [0.5, 0.6) is 0 Å². The van der Waals surface area contributed by atoms with E-state index in [1.54, 1.807) is 51.2 Å². The molecule has 20 heteroatoms. The van der Waals surface area contributed by atoms with Gasteiger partial charge >= 0.3 is 12.0 Å². The summed E-state index contributed by atoms with van der Waals surface area (Å²) in [5.74, 6) is -3.27. The van der Waals surface area contributed by atoms with Gasteiger partial charge in [-0.25, -0.2) is 4.79 Å². The molecule has 0 bridgehead atoms. The van der Waals surface area contributed by atoms with E-state index >= 15 is 0 Å². The molecule has 16 N–H and O–H groups in total. The third-order valence-corrected chi connectivity index (χ3v) is 11.5. The summed E-state index contributed by atoms with van der Waals surface area (Å²) >= 11 is 0. The maximum atomic E-state index is 12.9. The highest BCUT2D eigenvalue weighted by atomic mass is 16.7. The zero-order valence-corrected chi connectivity index (χ0v) is 39.7. The van der Waals surface area contributed by atoms with Crippen LogP contribution in [-0.2, 0) is 23.7 Å². The third-order valence-electron chi connectivity index (χ3n) is 11.5. The number of carbonyl (C=O) groups excluding carboxylic acids is 2. The molecule has 0 aliphatic carbocycles. The standard InChI is InChI=1S/C48H80N4O16/c1-5-6-7-8-9-10-11-12-13-14-15-16-17-18-36(67-46-45(62)42(50)44(61)32(4)66-46)26-40-43(52-47(63)51-22-21-49)39(59)28-48(64,68-40)27-35(56)24-38(58)37(57)20-19-33(54)23-34(55)25-41(60)65-31(3)30(2)29-53/h5-18,30-40,42-46,53-59,61-62,64H,19-29,49-50H2,1-4H3,(H2,51,52,63)/b6-5+,8-7+,10-9+,12-11+,14-13+,16-15+,18-17+/t30-,31+,32?,33-,34-,35+,36+,37-,38-,39+,40+,42?,43-,44?,45?,46?,48-/m1/s1. The predicted octanol–water partition coefficient (Wildman–Crippen LogP) is -0.361. The lowest BCUT2D eigenvalue weighted by Gasteiger charge is -2.46. The Labute approximate surface area is 400 Å². The van der Waals surface area contributed by atoms with Gasteiger partial charge < -0.3 is 92.1 Å². The van der Waals surface area contributed by atoms with Crippen molar-refractivity contribution in [1.82, 2.24) is 10.6 Å². The molecule has 0 saturated carbocycles. The van der Waals surface area contributed by atoms with Crippen molar-refractivity contribution in [2.75, 3.05) is 19.7 Å². The van der Waals surface area contributed by atoms with E-state index in [-0.39, 0.29) is 51.3 Å². The number of aliphatic hydroxyl groups is 10. The minimum atomic E-state index is -2.26. The molecular formula is C48H80N4O16. The van der Waals surface area contributed by atoms with Crippen LogP contribution in [0.1, 0.15) is 79.1 Å². The van der Waals surface area contributed by atoms with Crippen LogP contribution in [0.2, 0.25) is 0 Å². The van der Waals surface area contributed by atoms with E-state index in [1.807, 2.05) is 61.6 Å². The molecule has 0 aromatic heterocycles.